The maximum absolute atomic E-state index is 11.8. The van der Waals surface area contributed by atoms with Crippen LogP contribution in [0, 0.1) is 0 Å². The summed E-state index contributed by atoms with van der Waals surface area (Å²) in [5.41, 5.74) is 0.692. The average Bonchev–Trinajstić information content (AvgIpc) is 2.84. The monoisotopic (exact) mass is 312 g/mol. The number of halogens is 2. The van der Waals surface area contributed by atoms with Crippen molar-refractivity contribution in [2.75, 3.05) is 6.61 Å². The van der Waals surface area contributed by atoms with Gasteiger partial charge in [-0.05, 0) is 17.7 Å². The van der Waals surface area contributed by atoms with E-state index in [1.54, 1.807) is 6.07 Å². The van der Waals surface area contributed by atoms with Crippen LogP contribution in [0.4, 0.5) is 0 Å². The van der Waals surface area contributed by atoms with Gasteiger partial charge in [0.1, 0.15) is 10.8 Å². The molecule has 0 saturated carbocycles. The first kappa shape index (κ1) is 13.3. The highest BCUT2D eigenvalue weighted by Crippen LogP contribution is 2.33. The molecule has 0 bridgehead atoms. The number of rotatable bonds is 2. The molecular weight excluding hydrogens is 303 g/mol. The lowest BCUT2D eigenvalue weighted by molar-refractivity contribution is 0.352. The Bertz CT molecular complexity index is 795. The number of aromatic amines is 1. The molecule has 1 aliphatic heterocycles. The highest BCUT2D eigenvalue weighted by atomic mass is 35.5. The van der Waals surface area contributed by atoms with E-state index in [2.05, 4.69) is 4.98 Å². The SMILES string of the molecule is O=c1[nH]c(=O)n(Cc2cc(Cl)cc3c2OCC3)cc1Cl. The summed E-state index contributed by atoms with van der Waals surface area (Å²) in [6.45, 7) is 0.835. The Morgan fingerprint density at radius 2 is 2.10 bits per heavy atom. The van der Waals surface area contributed by atoms with Crippen LogP contribution in [0.5, 0.6) is 5.75 Å². The van der Waals surface area contributed by atoms with Crippen molar-refractivity contribution in [3.8, 4) is 5.75 Å². The van der Waals surface area contributed by atoms with E-state index in [1.807, 2.05) is 6.07 Å². The molecule has 0 fully saturated rings. The molecule has 0 aliphatic carbocycles. The molecule has 0 spiro atoms. The van der Waals surface area contributed by atoms with Crippen LogP contribution < -0.4 is 16.0 Å². The molecule has 2 heterocycles. The van der Waals surface area contributed by atoms with Gasteiger partial charge in [0.25, 0.3) is 5.56 Å². The van der Waals surface area contributed by atoms with Crippen molar-refractivity contribution in [3.05, 3.63) is 60.3 Å². The second kappa shape index (κ2) is 5.00. The first-order valence-corrected chi connectivity index (χ1v) is 6.73. The fourth-order valence-corrected chi connectivity index (χ4v) is 2.68. The molecular formula is C13H10Cl2N2O3. The summed E-state index contributed by atoms with van der Waals surface area (Å²) in [6.07, 6.45) is 2.11. The van der Waals surface area contributed by atoms with Gasteiger partial charge in [0.05, 0.1) is 13.2 Å². The summed E-state index contributed by atoms with van der Waals surface area (Å²) < 4.78 is 6.89. The van der Waals surface area contributed by atoms with Crippen LogP contribution in [0.1, 0.15) is 11.1 Å². The molecule has 3 rings (SSSR count). The molecule has 5 nitrogen and oxygen atoms in total. The van der Waals surface area contributed by atoms with Crippen molar-refractivity contribution in [3.63, 3.8) is 0 Å². The lowest BCUT2D eigenvalue weighted by Crippen LogP contribution is -2.30. The Morgan fingerprint density at radius 3 is 2.90 bits per heavy atom. The number of benzene rings is 1. The smallest absolute Gasteiger partial charge is 0.328 e. The van der Waals surface area contributed by atoms with E-state index in [9.17, 15) is 9.59 Å². The van der Waals surface area contributed by atoms with Gasteiger partial charge in [-0.25, -0.2) is 4.79 Å². The third kappa shape index (κ3) is 2.34. The Balaban J connectivity index is 2.07. The van der Waals surface area contributed by atoms with Crippen molar-refractivity contribution in [2.45, 2.75) is 13.0 Å². The van der Waals surface area contributed by atoms with Crippen molar-refractivity contribution >= 4 is 23.2 Å². The number of ether oxygens (including phenoxy) is 1. The Hall–Kier alpha value is -1.72. The largest absolute Gasteiger partial charge is 0.493 e. The molecule has 104 valence electrons. The second-order valence-electron chi connectivity index (χ2n) is 4.52. The predicted octanol–water partition coefficient (Wildman–Crippen LogP) is 1.83. The highest BCUT2D eigenvalue weighted by Gasteiger charge is 2.18. The predicted molar refractivity (Wildman–Crippen MR) is 76.1 cm³/mol. The zero-order valence-corrected chi connectivity index (χ0v) is 11.8. The minimum Gasteiger partial charge on any atom is -0.493 e. The summed E-state index contributed by atoms with van der Waals surface area (Å²) in [4.78, 5) is 25.2. The van der Waals surface area contributed by atoms with E-state index in [1.165, 1.54) is 10.8 Å². The van der Waals surface area contributed by atoms with Crippen molar-refractivity contribution in [1.82, 2.24) is 9.55 Å². The molecule has 1 aromatic carbocycles. The molecule has 0 amide bonds. The maximum atomic E-state index is 11.8. The van der Waals surface area contributed by atoms with E-state index in [0.29, 0.717) is 11.6 Å². The zero-order chi connectivity index (χ0) is 14.3. The molecule has 2 aromatic rings. The summed E-state index contributed by atoms with van der Waals surface area (Å²) >= 11 is 11.8. The molecule has 0 unspecified atom stereocenters. The van der Waals surface area contributed by atoms with Gasteiger partial charge in [0.2, 0.25) is 0 Å². The van der Waals surface area contributed by atoms with Gasteiger partial charge >= 0.3 is 5.69 Å². The average molecular weight is 313 g/mol. The normalized spacial score (nSPS) is 13.1. The Labute approximate surface area is 123 Å². The topological polar surface area (TPSA) is 64.1 Å². The molecule has 0 saturated heterocycles. The van der Waals surface area contributed by atoms with Crippen LogP contribution in [0.2, 0.25) is 10.0 Å². The molecule has 1 N–H and O–H groups in total. The van der Waals surface area contributed by atoms with E-state index in [0.717, 1.165) is 23.3 Å². The Morgan fingerprint density at radius 1 is 1.30 bits per heavy atom. The lowest BCUT2D eigenvalue weighted by Gasteiger charge is -2.10. The fraction of sp³-hybridized carbons (Fsp3) is 0.231. The minimum atomic E-state index is -0.597. The third-order valence-corrected chi connectivity index (χ3v) is 3.62. The number of nitrogens with one attached hydrogen (secondary N) is 1. The van der Waals surface area contributed by atoms with Gasteiger partial charge in [0.15, 0.2) is 0 Å². The summed E-state index contributed by atoms with van der Waals surface area (Å²) in [7, 11) is 0. The molecule has 20 heavy (non-hydrogen) atoms. The Kier molecular flexibility index (Phi) is 3.31. The van der Waals surface area contributed by atoms with Crippen molar-refractivity contribution in [1.29, 1.82) is 0 Å². The molecule has 0 radical (unpaired) electrons. The quantitative estimate of drug-likeness (QED) is 0.920. The number of H-pyrrole nitrogens is 1. The number of fused-ring (bicyclic) bond motifs is 1. The lowest BCUT2D eigenvalue weighted by atomic mass is 10.1. The first-order chi connectivity index (χ1) is 9.54. The van der Waals surface area contributed by atoms with Crippen LogP contribution in [0.15, 0.2) is 27.9 Å². The van der Waals surface area contributed by atoms with E-state index in [-0.39, 0.29) is 11.6 Å². The van der Waals surface area contributed by atoms with Gasteiger partial charge in [-0.2, -0.15) is 0 Å². The summed E-state index contributed by atoms with van der Waals surface area (Å²) in [6, 6.07) is 3.60. The highest BCUT2D eigenvalue weighted by molar-refractivity contribution is 6.30. The number of hydrogen-bond acceptors (Lipinski definition) is 3. The van der Waals surface area contributed by atoms with Gasteiger partial charge in [0, 0.05) is 23.2 Å². The number of aromatic nitrogens is 2. The summed E-state index contributed by atoms with van der Waals surface area (Å²) in [5.74, 6) is 0.753. The molecule has 1 aromatic heterocycles. The first-order valence-electron chi connectivity index (χ1n) is 5.98. The van der Waals surface area contributed by atoms with E-state index >= 15 is 0 Å². The molecule has 7 heteroatoms. The van der Waals surface area contributed by atoms with Gasteiger partial charge in [-0.1, -0.05) is 23.2 Å². The number of hydrogen-bond donors (Lipinski definition) is 1. The van der Waals surface area contributed by atoms with Crippen molar-refractivity contribution < 1.29 is 4.74 Å². The minimum absolute atomic E-state index is 0.0378. The number of nitrogens with zero attached hydrogens (tertiary/aromatic N) is 1. The van der Waals surface area contributed by atoms with Crippen LogP contribution in [-0.4, -0.2) is 16.2 Å². The third-order valence-electron chi connectivity index (χ3n) is 3.13. The summed E-state index contributed by atoms with van der Waals surface area (Å²) in [5, 5.41) is 0.553. The molecule has 0 atom stereocenters. The van der Waals surface area contributed by atoms with Gasteiger partial charge in [-0.3, -0.25) is 14.3 Å². The van der Waals surface area contributed by atoms with Crippen LogP contribution >= 0.6 is 23.2 Å². The van der Waals surface area contributed by atoms with Gasteiger partial charge in [-0.15, -0.1) is 0 Å². The van der Waals surface area contributed by atoms with Crippen LogP contribution in [0.3, 0.4) is 0 Å². The zero-order valence-electron chi connectivity index (χ0n) is 10.3. The van der Waals surface area contributed by atoms with Gasteiger partial charge < -0.3 is 4.74 Å². The van der Waals surface area contributed by atoms with E-state index < -0.39 is 11.2 Å². The molecule has 1 aliphatic rings. The standard InChI is InChI=1S/C13H10Cl2N2O3/c14-9-3-7-1-2-20-11(7)8(4-9)5-17-6-10(15)12(18)16-13(17)19/h3-4,6H,1-2,5H2,(H,16,18,19). The van der Waals surface area contributed by atoms with Crippen LogP contribution in [0.25, 0.3) is 0 Å². The van der Waals surface area contributed by atoms with E-state index in [4.69, 9.17) is 27.9 Å². The second-order valence-corrected chi connectivity index (χ2v) is 5.36. The maximum Gasteiger partial charge on any atom is 0.328 e. The van der Waals surface area contributed by atoms with Crippen molar-refractivity contribution in [2.24, 2.45) is 0 Å². The fourth-order valence-electron chi connectivity index (χ4n) is 2.25. The van der Waals surface area contributed by atoms with Crippen LogP contribution in [-0.2, 0) is 13.0 Å².